The quantitative estimate of drug-likeness (QED) is 0.869. The Balaban J connectivity index is 2.22. The van der Waals surface area contributed by atoms with E-state index in [1.165, 1.54) is 7.11 Å². The molecule has 0 amide bonds. The van der Waals surface area contributed by atoms with Gasteiger partial charge in [0.2, 0.25) is 5.88 Å². The number of hydrogen-bond acceptors (Lipinski definition) is 6. The highest BCUT2D eigenvalue weighted by molar-refractivity contribution is 7.89. The van der Waals surface area contributed by atoms with Gasteiger partial charge in [-0.05, 0) is 25.0 Å². The van der Waals surface area contributed by atoms with E-state index in [9.17, 15) is 8.42 Å². The minimum atomic E-state index is -3.92. The van der Waals surface area contributed by atoms with Crippen molar-refractivity contribution in [2.75, 3.05) is 7.11 Å². The van der Waals surface area contributed by atoms with Crippen molar-refractivity contribution < 1.29 is 13.2 Å². The number of nitrogens with zero attached hydrogens (tertiary/aromatic N) is 4. The van der Waals surface area contributed by atoms with E-state index in [1.54, 1.807) is 22.9 Å². The summed E-state index contributed by atoms with van der Waals surface area (Å²) >= 11 is 0. The molecule has 0 aromatic carbocycles. The van der Waals surface area contributed by atoms with Crippen molar-refractivity contribution in [2.24, 2.45) is 5.14 Å². The minimum absolute atomic E-state index is 0.0539. The molecule has 1 aliphatic rings. The Hall–Kier alpha value is -2.00. The summed E-state index contributed by atoms with van der Waals surface area (Å²) in [7, 11) is -2.43. The highest BCUT2D eigenvalue weighted by Gasteiger charge is 2.34. The smallest absolute Gasteiger partial charge is 0.273 e. The minimum Gasteiger partial charge on any atom is -0.480 e. The van der Waals surface area contributed by atoms with Crippen LogP contribution in [0.5, 0.6) is 5.88 Å². The summed E-state index contributed by atoms with van der Waals surface area (Å²) in [5.41, 5.74) is 0.587. The van der Waals surface area contributed by atoms with Crippen LogP contribution in [0.15, 0.2) is 23.5 Å². The summed E-state index contributed by atoms with van der Waals surface area (Å²) in [6.45, 7) is 0. The molecule has 0 atom stereocenters. The SMILES string of the molecule is COc1ncccc1-c1nnc(S(N)(=O)=O)n1C1CC1. The van der Waals surface area contributed by atoms with Gasteiger partial charge in [-0.2, -0.15) is 0 Å². The lowest BCUT2D eigenvalue weighted by atomic mass is 10.2. The van der Waals surface area contributed by atoms with Crippen LogP contribution in [0.25, 0.3) is 11.4 Å². The van der Waals surface area contributed by atoms with Crippen molar-refractivity contribution in [3.8, 4) is 17.3 Å². The molecule has 1 saturated carbocycles. The third-order valence-corrected chi connectivity index (χ3v) is 3.82. The van der Waals surface area contributed by atoms with E-state index in [0.29, 0.717) is 17.3 Å². The number of hydrogen-bond donors (Lipinski definition) is 1. The molecule has 20 heavy (non-hydrogen) atoms. The highest BCUT2D eigenvalue weighted by atomic mass is 32.2. The van der Waals surface area contributed by atoms with E-state index in [-0.39, 0.29) is 11.2 Å². The van der Waals surface area contributed by atoms with Gasteiger partial charge in [0.25, 0.3) is 15.2 Å². The van der Waals surface area contributed by atoms with Crippen molar-refractivity contribution in [3.05, 3.63) is 18.3 Å². The van der Waals surface area contributed by atoms with Gasteiger partial charge in [0, 0.05) is 12.2 Å². The highest BCUT2D eigenvalue weighted by Crippen LogP contribution is 2.40. The molecular weight excluding hydrogens is 282 g/mol. The second-order valence-corrected chi connectivity index (χ2v) is 5.97. The lowest BCUT2D eigenvalue weighted by Crippen LogP contribution is -2.18. The molecule has 0 radical (unpaired) electrons. The second kappa shape index (κ2) is 4.53. The molecule has 106 valence electrons. The number of sulfonamides is 1. The number of rotatable bonds is 4. The predicted octanol–water partition coefficient (Wildman–Crippen LogP) is 0.331. The normalized spacial score (nSPS) is 15.3. The first-order chi connectivity index (χ1) is 9.52. The van der Waals surface area contributed by atoms with Crippen LogP contribution in [0.1, 0.15) is 18.9 Å². The molecule has 3 rings (SSSR count). The van der Waals surface area contributed by atoms with Gasteiger partial charge in [-0.3, -0.25) is 4.57 Å². The zero-order chi connectivity index (χ0) is 14.3. The molecule has 2 N–H and O–H groups in total. The Morgan fingerprint density at radius 1 is 1.40 bits per heavy atom. The molecule has 2 aromatic rings. The van der Waals surface area contributed by atoms with Crippen LogP contribution in [0.3, 0.4) is 0 Å². The first-order valence-electron chi connectivity index (χ1n) is 5.99. The molecule has 2 heterocycles. The number of methoxy groups -OCH3 is 1. The lowest BCUT2D eigenvalue weighted by molar-refractivity contribution is 0.399. The van der Waals surface area contributed by atoms with Crippen molar-refractivity contribution in [1.82, 2.24) is 19.7 Å². The maximum absolute atomic E-state index is 11.6. The molecule has 1 aliphatic carbocycles. The van der Waals surface area contributed by atoms with Crippen LogP contribution in [-0.2, 0) is 10.0 Å². The fraction of sp³-hybridized carbons (Fsp3) is 0.364. The van der Waals surface area contributed by atoms with Crippen LogP contribution < -0.4 is 9.88 Å². The molecule has 0 spiro atoms. The third kappa shape index (κ3) is 2.14. The van der Waals surface area contributed by atoms with Gasteiger partial charge in [0.15, 0.2) is 5.82 Å². The molecule has 0 aliphatic heterocycles. The summed E-state index contributed by atoms with van der Waals surface area (Å²) in [6, 6.07) is 3.53. The first-order valence-corrected chi connectivity index (χ1v) is 7.54. The Kier molecular flexibility index (Phi) is 2.94. The van der Waals surface area contributed by atoms with Gasteiger partial charge < -0.3 is 4.74 Å². The molecule has 8 nitrogen and oxygen atoms in total. The summed E-state index contributed by atoms with van der Waals surface area (Å²) in [4.78, 5) is 4.08. The van der Waals surface area contributed by atoms with Crippen molar-refractivity contribution >= 4 is 10.0 Å². The van der Waals surface area contributed by atoms with Crippen LogP contribution in [-0.4, -0.2) is 35.3 Å². The molecule has 0 bridgehead atoms. The summed E-state index contributed by atoms with van der Waals surface area (Å²) in [5.74, 6) is 0.768. The Morgan fingerprint density at radius 3 is 2.75 bits per heavy atom. The van der Waals surface area contributed by atoms with Crippen LogP contribution in [0.4, 0.5) is 0 Å². The van der Waals surface area contributed by atoms with Crippen molar-refractivity contribution in [1.29, 1.82) is 0 Å². The zero-order valence-electron chi connectivity index (χ0n) is 10.7. The Labute approximate surface area is 115 Å². The summed E-state index contributed by atoms with van der Waals surface area (Å²) < 4.78 is 29.9. The number of nitrogens with two attached hydrogens (primary N) is 1. The molecule has 0 saturated heterocycles. The van der Waals surface area contributed by atoms with Crippen LogP contribution in [0, 0.1) is 0 Å². The molecule has 9 heteroatoms. The van der Waals surface area contributed by atoms with Crippen molar-refractivity contribution in [2.45, 2.75) is 24.0 Å². The Bertz CT molecular complexity index is 751. The average Bonchev–Trinajstić information content (AvgIpc) is 3.15. The first kappa shape index (κ1) is 13.0. The topological polar surface area (TPSA) is 113 Å². The van der Waals surface area contributed by atoms with Gasteiger partial charge >= 0.3 is 0 Å². The number of pyridine rings is 1. The average molecular weight is 295 g/mol. The van der Waals surface area contributed by atoms with E-state index in [4.69, 9.17) is 9.88 Å². The predicted molar refractivity (Wildman–Crippen MR) is 69.4 cm³/mol. The van der Waals surface area contributed by atoms with Gasteiger partial charge in [-0.15, -0.1) is 10.2 Å². The Morgan fingerprint density at radius 2 is 2.15 bits per heavy atom. The molecule has 1 fully saturated rings. The number of primary sulfonamides is 1. The maximum atomic E-state index is 11.6. The van der Waals surface area contributed by atoms with Gasteiger partial charge in [0.05, 0.1) is 12.7 Å². The van der Waals surface area contributed by atoms with E-state index in [0.717, 1.165) is 12.8 Å². The van der Waals surface area contributed by atoms with Gasteiger partial charge in [-0.1, -0.05) is 0 Å². The van der Waals surface area contributed by atoms with Gasteiger partial charge in [0.1, 0.15) is 0 Å². The van der Waals surface area contributed by atoms with Crippen molar-refractivity contribution in [3.63, 3.8) is 0 Å². The lowest BCUT2D eigenvalue weighted by Gasteiger charge is -2.09. The van der Waals surface area contributed by atoms with Crippen LogP contribution in [0.2, 0.25) is 0 Å². The van der Waals surface area contributed by atoms with E-state index in [2.05, 4.69) is 15.2 Å². The molecule has 2 aromatic heterocycles. The fourth-order valence-corrected chi connectivity index (χ4v) is 2.70. The third-order valence-electron chi connectivity index (χ3n) is 3.04. The summed E-state index contributed by atoms with van der Waals surface area (Å²) in [6.07, 6.45) is 3.33. The van der Waals surface area contributed by atoms with Gasteiger partial charge in [-0.25, -0.2) is 18.5 Å². The monoisotopic (exact) mass is 295 g/mol. The second-order valence-electron chi connectivity index (χ2n) is 4.51. The summed E-state index contributed by atoms with van der Waals surface area (Å²) in [5, 5.41) is 12.6. The molecule has 0 unspecified atom stereocenters. The van der Waals surface area contributed by atoms with E-state index < -0.39 is 10.0 Å². The number of ether oxygens (including phenoxy) is 1. The maximum Gasteiger partial charge on any atom is 0.273 e. The van der Waals surface area contributed by atoms with E-state index >= 15 is 0 Å². The standard InChI is InChI=1S/C11H13N5O3S/c1-19-10-8(3-2-6-13-10)9-14-15-11(20(12,17)18)16(9)7-4-5-7/h2-3,6-7H,4-5H2,1H3,(H2,12,17,18). The zero-order valence-corrected chi connectivity index (χ0v) is 11.5. The number of aromatic nitrogens is 4. The largest absolute Gasteiger partial charge is 0.480 e. The molecular formula is C11H13N5O3S. The fourth-order valence-electron chi connectivity index (χ4n) is 2.04. The van der Waals surface area contributed by atoms with E-state index in [1.807, 2.05) is 0 Å². The van der Waals surface area contributed by atoms with Crippen LogP contribution >= 0.6 is 0 Å².